The number of hydrogen-bond donors (Lipinski definition) is 2. The van der Waals surface area contributed by atoms with Gasteiger partial charge in [0.05, 0.1) is 6.54 Å². The number of rotatable bonds is 8. The summed E-state index contributed by atoms with van der Waals surface area (Å²) in [5.74, 6) is -0.845. The Morgan fingerprint density at radius 3 is 2.67 bits per heavy atom. The average Bonchev–Trinajstić information content (AvgIpc) is 3.16. The van der Waals surface area contributed by atoms with E-state index in [0.717, 1.165) is 5.56 Å². The molecule has 1 heterocycles. The van der Waals surface area contributed by atoms with Gasteiger partial charge in [-0.15, -0.1) is 0 Å². The van der Waals surface area contributed by atoms with Crippen LogP contribution < -0.4 is 10.6 Å². The van der Waals surface area contributed by atoms with Gasteiger partial charge in [0.25, 0.3) is 0 Å². The Balaban J connectivity index is 1.59. The molecule has 0 fully saturated rings. The molecule has 7 nitrogen and oxygen atoms in total. The van der Waals surface area contributed by atoms with Crippen molar-refractivity contribution in [1.82, 2.24) is 10.6 Å². The number of carbonyl (C=O) groups is 2. The molecular formula is C21H21BrFN3O4. The summed E-state index contributed by atoms with van der Waals surface area (Å²) >= 11 is 3.24. The van der Waals surface area contributed by atoms with Gasteiger partial charge < -0.3 is 20.2 Å². The van der Waals surface area contributed by atoms with E-state index in [2.05, 4.69) is 31.7 Å². The van der Waals surface area contributed by atoms with Crippen molar-refractivity contribution in [1.29, 1.82) is 0 Å². The minimum Gasteiger partial charge on any atom is -0.445 e. The van der Waals surface area contributed by atoms with Crippen LogP contribution in [-0.4, -0.2) is 35.3 Å². The van der Waals surface area contributed by atoms with Crippen LogP contribution in [0.2, 0.25) is 0 Å². The van der Waals surface area contributed by atoms with Crippen molar-refractivity contribution in [3.05, 3.63) is 71.5 Å². The van der Waals surface area contributed by atoms with E-state index in [0.29, 0.717) is 16.6 Å². The number of benzene rings is 2. The number of nitrogens with one attached hydrogen (secondary N) is 2. The van der Waals surface area contributed by atoms with E-state index in [4.69, 9.17) is 9.57 Å². The fourth-order valence-corrected chi connectivity index (χ4v) is 3.30. The van der Waals surface area contributed by atoms with E-state index in [1.54, 1.807) is 12.1 Å². The molecule has 3 rings (SSSR count). The highest BCUT2D eigenvalue weighted by Gasteiger charge is 2.25. The van der Waals surface area contributed by atoms with E-state index in [1.807, 2.05) is 30.3 Å². The van der Waals surface area contributed by atoms with Gasteiger partial charge in [-0.2, -0.15) is 0 Å². The van der Waals surface area contributed by atoms with Gasteiger partial charge in [0.15, 0.2) is 6.10 Å². The van der Waals surface area contributed by atoms with Crippen molar-refractivity contribution < 1.29 is 23.6 Å². The van der Waals surface area contributed by atoms with Gasteiger partial charge >= 0.3 is 6.09 Å². The molecule has 0 saturated heterocycles. The molecule has 30 heavy (non-hydrogen) atoms. The highest BCUT2D eigenvalue weighted by Crippen LogP contribution is 2.13. The normalized spacial score (nSPS) is 16.2. The maximum atomic E-state index is 13.5. The van der Waals surface area contributed by atoms with Gasteiger partial charge in [0.2, 0.25) is 5.91 Å². The molecule has 0 aromatic heterocycles. The first kappa shape index (κ1) is 21.8. The van der Waals surface area contributed by atoms with Crippen LogP contribution in [-0.2, 0) is 27.4 Å². The highest BCUT2D eigenvalue weighted by atomic mass is 79.9. The third kappa shape index (κ3) is 6.84. The molecule has 2 N–H and O–H groups in total. The fourth-order valence-electron chi connectivity index (χ4n) is 2.86. The second-order valence-corrected chi connectivity index (χ2v) is 7.65. The molecule has 0 aliphatic carbocycles. The summed E-state index contributed by atoms with van der Waals surface area (Å²) in [6.45, 7) is 0.292. The Morgan fingerprint density at radius 1 is 1.20 bits per heavy atom. The monoisotopic (exact) mass is 477 g/mol. The molecular weight excluding hydrogens is 457 g/mol. The molecule has 158 valence electrons. The van der Waals surface area contributed by atoms with Crippen LogP contribution in [0.3, 0.4) is 0 Å². The Bertz CT molecular complexity index is 910. The summed E-state index contributed by atoms with van der Waals surface area (Å²) < 4.78 is 19.4. The number of nitrogens with zero attached hydrogens (tertiary/aromatic N) is 1. The van der Waals surface area contributed by atoms with Crippen molar-refractivity contribution >= 4 is 32.6 Å². The smallest absolute Gasteiger partial charge is 0.408 e. The average molecular weight is 478 g/mol. The standard InChI is InChI=1S/C21H21BrFN3O4/c22-19-11-17(30-26-19)12-24-20(27)18(10-15-7-4-8-16(23)9-15)25-21(28)29-13-14-5-2-1-3-6-14/h1-9,17-18H,10-13H2,(H,24,27)(H,25,28)/t17-,18?/m0/s1. The van der Waals surface area contributed by atoms with E-state index in [1.165, 1.54) is 12.1 Å². The lowest BCUT2D eigenvalue weighted by molar-refractivity contribution is -0.123. The van der Waals surface area contributed by atoms with Gasteiger partial charge in [-0.1, -0.05) is 47.6 Å². The first-order valence-corrected chi connectivity index (χ1v) is 10.2. The van der Waals surface area contributed by atoms with Crippen LogP contribution in [0.25, 0.3) is 0 Å². The van der Waals surface area contributed by atoms with Crippen molar-refractivity contribution in [3.8, 4) is 0 Å². The summed E-state index contributed by atoms with van der Waals surface area (Å²) in [5, 5.41) is 9.07. The fraction of sp³-hybridized carbons (Fsp3) is 0.286. The topological polar surface area (TPSA) is 89.0 Å². The molecule has 2 aromatic carbocycles. The number of halogens is 2. The first-order chi connectivity index (χ1) is 14.5. The van der Waals surface area contributed by atoms with Crippen LogP contribution in [0.5, 0.6) is 0 Å². The summed E-state index contributed by atoms with van der Waals surface area (Å²) in [5.41, 5.74) is 1.39. The first-order valence-electron chi connectivity index (χ1n) is 9.37. The predicted octanol–water partition coefficient (Wildman–Crippen LogP) is 3.28. The third-order valence-corrected chi connectivity index (χ3v) is 4.82. The lowest BCUT2D eigenvalue weighted by Gasteiger charge is -2.19. The Labute approximate surface area is 181 Å². The van der Waals surface area contributed by atoms with Crippen molar-refractivity contribution in [2.45, 2.75) is 31.6 Å². The minimum atomic E-state index is -0.944. The molecule has 0 saturated carbocycles. The van der Waals surface area contributed by atoms with E-state index in [9.17, 15) is 14.0 Å². The number of alkyl carbamates (subject to hydrolysis) is 1. The molecule has 9 heteroatoms. The van der Waals surface area contributed by atoms with Gasteiger partial charge in [0.1, 0.15) is 23.1 Å². The molecule has 0 radical (unpaired) electrons. The number of carbonyl (C=O) groups excluding carboxylic acids is 2. The van der Waals surface area contributed by atoms with Gasteiger partial charge in [-0.05, 0) is 39.2 Å². The number of hydrogen-bond acceptors (Lipinski definition) is 5. The summed E-state index contributed by atoms with van der Waals surface area (Å²) in [6, 6.07) is 14.1. The van der Waals surface area contributed by atoms with Crippen molar-refractivity contribution in [2.24, 2.45) is 5.16 Å². The summed E-state index contributed by atoms with van der Waals surface area (Å²) in [7, 11) is 0. The lowest BCUT2D eigenvalue weighted by Crippen LogP contribution is -2.49. The van der Waals surface area contributed by atoms with Crippen LogP contribution in [0.15, 0.2) is 59.8 Å². The zero-order valence-electron chi connectivity index (χ0n) is 16.0. The largest absolute Gasteiger partial charge is 0.445 e. The summed E-state index contributed by atoms with van der Waals surface area (Å²) in [4.78, 5) is 30.1. The highest BCUT2D eigenvalue weighted by molar-refractivity contribution is 9.18. The number of oxime groups is 1. The zero-order valence-corrected chi connectivity index (χ0v) is 17.6. The van der Waals surface area contributed by atoms with Gasteiger partial charge in [-0.3, -0.25) is 4.79 Å². The second kappa shape index (κ2) is 10.7. The molecule has 1 aliphatic rings. The van der Waals surface area contributed by atoms with E-state index in [-0.39, 0.29) is 25.7 Å². The van der Waals surface area contributed by atoms with Crippen molar-refractivity contribution in [3.63, 3.8) is 0 Å². The lowest BCUT2D eigenvalue weighted by atomic mass is 10.1. The van der Waals surface area contributed by atoms with Crippen LogP contribution in [0.1, 0.15) is 17.5 Å². The Kier molecular flexibility index (Phi) is 7.78. The SMILES string of the molecule is O=C(NC(Cc1cccc(F)c1)C(=O)NC[C@@H]1CC(Br)=NO1)OCc1ccccc1. The van der Waals surface area contributed by atoms with Gasteiger partial charge in [0, 0.05) is 12.8 Å². The molecule has 1 aliphatic heterocycles. The van der Waals surface area contributed by atoms with Crippen molar-refractivity contribution in [2.75, 3.05) is 6.54 Å². The van der Waals surface area contributed by atoms with E-state index >= 15 is 0 Å². The second-order valence-electron chi connectivity index (χ2n) is 6.74. The summed E-state index contributed by atoms with van der Waals surface area (Å²) in [6.07, 6.45) is -0.376. The van der Waals surface area contributed by atoms with Gasteiger partial charge in [-0.25, -0.2) is 9.18 Å². The van der Waals surface area contributed by atoms with Crippen LogP contribution >= 0.6 is 15.9 Å². The molecule has 2 aromatic rings. The molecule has 0 spiro atoms. The molecule has 1 unspecified atom stereocenters. The maximum absolute atomic E-state index is 13.5. The van der Waals surface area contributed by atoms with Crippen LogP contribution in [0.4, 0.5) is 9.18 Å². The zero-order chi connectivity index (χ0) is 21.3. The third-order valence-electron chi connectivity index (χ3n) is 4.35. The molecule has 2 amide bonds. The quantitative estimate of drug-likeness (QED) is 0.610. The van der Waals surface area contributed by atoms with E-state index < -0.39 is 23.9 Å². The number of amides is 2. The molecule has 2 atom stereocenters. The Hall–Kier alpha value is -2.94. The number of ether oxygens (including phenoxy) is 1. The Morgan fingerprint density at radius 2 is 1.97 bits per heavy atom. The minimum absolute atomic E-state index is 0.0717. The maximum Gasteiger partial charge on any atom is 0.408 e. The predicted molar refractivity (Wildman–Crippen MR) is 113 cm³/mol. The van der Waals surface area contributed by atoms with Crippen LogP contribution in [0, 0.1) is 5.82 Å². The molecule has 0 bridgehead atoms.